The third-order valence-corrected chi connectivity index (χ3v) is 4.67. The Labute approximate surface area is 179 Å². The smallest absolute Gasteiger partial charge is 0.228 e. The number of nitrogens with one attached hydrogen (secondary N) is 3. The minimum atomic E-state index is 0.290. The van der Waals surface area contributed by atoms with E-state index in [0.717, 1.165) is 16.8 Å². The molecule has 3 N–H and O–H groups in total. The van der Waals surface area contributed by atoms with Crippen molar-refractivity contribution in [2.75, 3.05) is 5.32 Å². The molecule has 0 heterocycles. The van der Waals surface area contributed by atoms with Gasteiger partial charge < -0.3 is 10.1 Å². The minimum absolute atomic E-state index is 0.290. The molecule has 0 amide bonds. The molecule has 0 radical (unpaired) electrons. The SMILES string of the molecule is S=C(N[NH+]=Cc1cccc(OCc2c(Cl)cccc2Cl)c1)Nc1ccccc1. The predicted octanol–water partition coefficient (Wildman–Crippen LogP) is 3.97. The van der Waals surface area contributed by atoms with Crippen molar-refractivity contribution in [1.82, 2.24) is 5.43 Å². The molecule has 0 unspecified atom stereocenters. The standard InChI is InChI=1S/C21H17Cl2N3OS/c22-19-10-5-11-20(23)18(19)14-27-17-9-4-6-15(12-17)13-24-26-21(28)25-16-7-2-1-3-8-16/h1-13H,14H2,(H2,25,26,28)/p+1. The zero-order valence-electron chi connectivity index (χ0n) is 14.8. The van der Waals surface area contributed by atoms with Crippen LogP contribution in [0.3, 0.4) is 0 Å². The summed E-state index contributed by atoms with van der Waals surface area (Å²) in [6, 6.07) is 22.7. The van der Waals surface area contributed by atoms with Crippen molar-refractivity contribution in [3.63, 3.8) is 0 Å². The van der Waals surface area contributed by atoms with E-state index in [2.05, 4.69) is 15.8 Å². The van der Waals surface area contributed by atoms with Gasteiger partial charge in [0.15, 0.2) is 6.21 Å². The molecule has 0 spiro atoms. The average molecular weight is 431 g/mol. The van der Waals surface area contributed by atoms with Crippen molar-refractivity contribution in [2.24, 2.45) is 0 Å². The van der Waals surface area contributed by atoms with E-state index in [1.54, 1.807) is 24.4 Å². The molecule has 3 aromatic rings. The molecule has 0 aromatic heterocycles. The van der Waals surface area contributed by atoms with E-state index in [-0.39, 0.29) is 0 Å². The zero-order valence-corrected chi connectivity index (χ0v) is 17.1. The number of hydrogen-bond donors (Lipinski definition) is 3. The summed E-state index contributed by atoms with van der Waals surface area (Å²) < 4.78 is 5.83. The highest BCUT2D eigenvalue weighted by atomic mass is 35.5. The maximum Gasteiger partial charge on any atom is 0.228 e. The summed E-state index contributed by atoms with van der Waals surface area (Å²) in [6.45, 7) is 0.290. The Bertz CT molecular complexity index is 960. The van der Waals surface area contributed by atoms with Crippen molar-refractivity contribution in [2.45, 2.75) is 6.61 Å². The van der Waals surface area contributed by atoms with Crippen molar-refractivity contribution in [3.8, 4) is 5.75 Å². The van der Waals surface area contributed by atoms with E-state index in [4.69, 9.17) is 40.2 Å². The van der Waals surface area contributed by atoms with Crippen LogP contribution in [0.4, 0.5) is 5.69 Å². The Morgan fingerprint density at radius 2 is 1.68 bits per heavy atom. The van der Waals surface area contributed by atoms with Crippen LogP contribution in [0.25, 0.3) is 0 Å². The van der Waals surface area contributed by atoms with Crippen LogP contribution in [0.2, 0.25) is 10.0 Å². The summed E-state index contributed by atoms with van der Waals surface area (Å²) in [5.41, 5.74) is 5.50. The van der Waals surface area contributed by atoms with Gasteiger partial charge in [-0.25, -0.2) is 0 Å². The molecule has 0 saturated heterocycles. The lowest BCUT2D eigenvalue weighted by molar-refractivity contribution is -0.499. The highest BCUT2D eigenvalue weighted by molar-refractivity contribution is 7.80. The average Bonchev–Trinajstić information content (AvgIpc) is 2.69. The number of hydrogen-bond acceptors (Lipinski definition) is 2. The van der Waals surface area contributed by atoms with Crippen LogP contribution in [0.15, 0.2) is 72.8 Å². The van der Waals surface area contributed by atoms with Crippen LogP contribution < -0.4 is 20.6 Å². The van der Waals surface area contributed by atoms with E-state index >= 15 is 0 Å². The molecule has 0 atom stereocenters. The van der Waals surface area contributed by atoms with Gasteiger partial charge in [0.2, 0.25) is 5.11 Å². The molecule has 0 fully saturated rings. The number of anilines is 1. The van der Waals surface area contributed by atoms with Gasteiger partial charge in [0, 0.05) is 26.9 Å². The second kappa shape index (κ2) is 10.1. The number of benzene rings is 3. The third kappa shape index (κ3) is 5.96. The monoisotopic (exact) mass is 430 g/mol. The normalized spacial score (nSPS) is 10.6. The van der Waals surface area contributed by atoms with Gasteiger partial charge in [-0.1, -0.05) is 53.5 Å². The Hall–Kier alpha value is -2.60. The molecular weight excluding hydrogens is 413 g/mol. The molecule has 142 valence electrons. The number of hydrazine groups is 1. The lowest BCUT2D eigenvalue weighted by Crippen LogP contribution is -2.82. The number of para-hydroxylation sites is 1. The van der Waals surface area contributed by atoms with Gasteiger partial charge in [0.1, 0.15) is 12.4 Å². The minimum Gasteiger partial charge on any atom is -0.489 e. The highest BCUT2D eigenvalue weighted by Crippen LogP contribution is 2.25. The molecule has 0 aliphatic carbocycles. The zero-order chi connectivity index (χ0) is 19.8. The first-order chi connectivity index (χ1) is 13.6. The van der Waals surface area contributed by atoms with Gasteiger partial charge >= 0.3 is 0 Å². The second-order valence-corrected chi connectivity index (χ2v) is 7.02. The van der Waals surface area contributed by atoms with Crippen LogP contribution >= 0.6 is 35.4 Å². The topological polar surface area (TPSA) is 47.3 Å². The van der Waals surface area contributed by atoms with Crippen molar-refractivity contribution < 1.29 is 9.84 Å². The molecule has 0 saturated carbocycles. The molecule has 3 rings (SSSR count). The Balaban J connectivity index is 1.55. The summed E-state index contributed by atoms with van der Waals surface area (Å²) in [4.78, 5) is 0. The Kier molecular flexibility index (Phi) is 7.25. The number of hydrazone groups is 1. The number of ether oxygens (including phenoxy) is 1. The van der Waals surface area contributed by atoms with Crippen LogP contribution in [0.5, 0.6) is 5.75 Å². The lowest BCUT2D eigenvalue weighted by Gasteiger charge is -2.09. The first-order valence-electron chi connectivity index (χ1n) is 8.48. The quantitative estimate of drug-likeness (QED) is 0.314. The third-order valence-electron chi connectivity index (χ3n) is 3.76. The molecule has 28 heavy (non-hydrogen) atoms. The van der Waals surface area contributed by atoms with E-state index < -0.39 is 0 Å². The van der Waals surface area contributed by atoms with Gasteiger partial charge in [0.25, 0.3) is 0 Å². The first kappa shape index (κ1) is 20.1. The Morgan fingerprint density at radius 1 is 0.964 bits per heavy atom. The molecule has 0 aliphatic rings. The fourth-order valence-corrected chi connectivity index (χ4v) is 3.07. The summed E-state index contributed by atoms with van der Waals surface area (Å²) >= 11 is 17.6. The van der Waals surface area contributed by atoms with Crippen molar-refractivity contribution >= 4 is 52.4 Å². The van der Waals surface area contributed by atoms with E-state index in [1.807, 2.05) is 54.6 Å². The molecule has 0 bridgehead atoms. The first-order valence-corrected chi connectivity index (χ1v) is 9.65. The van der Waals surface area contributed by atoms with Crippen LogP contribution in [0, 0.1) is 0 Å². The fourth-order valence-electron chi connectivity index (χ4n) is 2.39. The number of rotatable bonds is 6. The predicted molar refractivity (Wildman–Crippen MR) is 119 cm³/mol. The molecular formula is C21H18Cl2N3OS+. The van der Waals surface area contributed by atoms with Crippen LogP contribution in [-0.2, 0) is 6.61 Å². The molecule has 3 aromatic carbocycles. The maximum atomic E-state index is 6.18. The maximum absolute atomic E-state index is 6.18. The van der Waals surface area contributed by atoms with Crippen molar-refractivity contribution in [3.05, 3.63) is 94.0 Å². The van der Waals surface area contributed by atoms with Gasteiger partial charge in [-0.3, -0.25) is 0 Å². The lowest BCUT2D eigenvalue weighted by atomic mass is 10.2. The molecule has 0 aliphatic heterocycles. The summed E-state index contributed by atoms with van der Waals surface area (Å²) in [7, 11) is 0. The fraction of sp³-hybridized carbons (Fsp3) is 0.0476. The van der Waals surface area contributed by atoms with Gasteiger partial charge in [-0.2, -0.15) is 0 Å². The number of thiocarbonyl (C=S) groups is 1. The Morgan fingerprint density at radius 3 is 2.43 bits per heavy atom. The van der Waals surface area contributed by atoms with Gasteiger partial charge in [0.05, 0.1) is 0 Å². The van der Waals surface area contributed by atoms with Gasteiger partial charge in [-0.05, 0) is 54.7 Å². The van der Waals surface area contributed by atoms with Crippen molar-refractivity contribution in [1.29, 1.82) is 0 Å². The highest BCUT2D eigenvalue weighted by Gasteiger charge is 2.07. The van der Waals surface area contributed by atoms with Crippen LogP contribution in [0.1, 0.15) is 11.1 Å². The summed E-state index contributed by atoms with van der Waals surface area (Å²) in [5, 5.41) is 7.67. The number of halogens is 2. The molecule has 7 heteroatoms. The summed E-state index contributed by atoms with van der Waals surface area (Å²) in [5.74, 6) is 0.705. The van der Waals surface area contributed by atoms with Gasteiger partial charge in [-0.15, -0.1) is 10.5 Å². The van der Waals surface area contributed by atoms with E-state index in [9.17, 15) is 0 Å². The molecule has 4 nitrogen and oxygen atoms in total. The second-order valence-electron chi connectivity index (χ2n) is 5.80. The van der Waals surface area contributed by atoms with E-state index in [1.165, 1.54) is 0 Å². The largest absolute Gasteiger partial charge is 0.489 e. The summed E-state index contributed by atoms with van der Waals surface area (Å²) in [6.07, 6.45) is 1.79. The van der Waals surface area contributed by atoms with E-state index in [0.29, 0.717) is 27.5 Å². The van der Waals surface area contributed by atoms with Crippen LogP contribution in [-0.4, -0.2) is 11.3 Å².